The van der Waals surface area contributed by atoms with Gasteiger partial charge in [-0.3, -0.25) is 9.59 Å². The smallest absolute Gasteiger partial charge is 0.253 e. The topological polar surface area (TPSA) is 61.4 Å². The van der Waals surface area contributed by atoms with Crippen LogP contribution in [0.4, 0.5) is 10.1 Å². The van der Waals surface area contributed by atoms with Crippen molar-refractivity contribution in [1.82, 2.24) is 10.2 Å². The number of carbonyl (C=O) groups is 2. The zero-order valence-electron chi connectivity index (χ0n) is 15.0. The molecule has 1 aliphatic heterocycles. The lowest BCUT2D eigenvalue weighted by atomic mass is 10.1. The maximum atomic E-state index is 14.2. The van der Waals surface area contributed by atoms with Crippen LogP contribution in [0.3, 0.4) is 0 Å². The molecule has 25 heavy (non-hydrogen) atoms. The second-order valence-electron chi connectivity index (χ2n) is 6.80. The lowest BCUT2D eigenvalue weighted by Crippen LogP contribution is -2.30. The van der Waals surface area contributed by atoms with Gasteiger partial charge in [-0.1, -0.05) is 13.8 Å². The van der Waals surface area contributed by atoms with Crippen LogP contribution in [0.15, 0.2) is 18.2 Å². The highest BCUT2D eigenvalue weighted by atomic mass is 35.5. The normalized spacial score (nSPS) is 16.7. The van der Waals surface area contributed by atoms with Crippen LogP contribution >= 0.6 is 12.4 Å². The number of likely N-dealkylation sites (tertiary alicyclic amines) is 1. The number of rotatable bonds is 6. The fourth-order valence-electron chi connectivity index (χ4n) is 2.98. The van der Waals surface area contributed by atoms with E-state index in [1.165, 1.54) is 12.1 Å². The van der Waals surface area contributed by atoms with Crippen LogP contribution in [0.5, 0.6) is 0 Å². The highest BCUT2D eigenvalue weighted by molar-refractivity contribution is 5.96. The molecule has 1 heterocycles. The van der Waals surface area contributed by atoms with Crippen molar-refractivity contribution in [2.75, 3.05) is 32.0 Å². The van der Waals surface area contributed by atoms with E-state index in [1.54, 1.807) is 11.0 Å². The molecule has 1 aliphatic rings. The second-order valence-corrected chi connectivity index (χ2v) is 6.80. The Bertz CT molecular complexity index is 610. The van der Waals surface area contributed by atoms with Gasteiger partial charge >= 0.3 is 0 Å². The van der Waals surface area contributed by atoms with Crippen molar-refractivity contribution < 1.29 is 14.0 Å². The Morgan fingerprint density at radius 2 is 2.08 bits per heavy atom. The Morgan fingerprint density at radius 1 is 1.36 bits per heavy atom. The Hall–Kier alpha value is -1.66. The molecular formula is C18H27ClFN3O2. The molecule has 1 saturated heterocycles. The summed E-state index contributed by atoms with van der Waals surface area (Å²) in [5.41, 5.74) is 0.436. The van der Waals surface area contributed by atoms with E-state index in [-0.39, 0.29) is 35.8 Å². The van der Waals surface area contributed by atoms with Gasteiger partial charge in [0.2, 0.25) is 5.91 Å². The Morgan fingerprint density at radius 3 is 2.68 bits per heavy atom. The predicted octanol–water partition coefficient (Wildman–Crippen LogP) is 2.91. The number of anilines is 1. The molecule has 1 atom stereocenters. The van der Waals surface area contributed by atoms with Gasteiger partial charge in [-0.25, -0.2) is 4.39 Å². The first-order chi connectivity index (χ1) is 11.4. The van der Waals surface area contributed by atoms with Gasteiger partial charge in [0.1, 0.15) is 5.82 Å². The molecule has 1 unspecified atom stereocenters. The van der Waals surface area contributed by atoms with E-state index >= 15 is 0 Å². The lowest BCUT2D eigenvalue weighted by Gasteiger charge is -2.17. The molecule has 0 aromatic heterocycles. The van der Waals surface area contributed by atoms with Crippen LogP contribution in [0.1, 0.15) is 37.0 Å². The SMILES string of the molecule is CNCC1CCN(C(=O)c2ccc(NC(=O)CC(C)C)c(F)c2)C1.Cl. The molecule has 0 saturated carbocycles. The third-order valence-corrected chi connectivity index (χ3v) is 4.15. The highest BCUT2D eigenvalue weighted by Crippen LogP contribution is 2.21. The largest absolute Gasteiger partial charge is 0.338 e. The third kappa shape index (κ3) is 5.97. The van der Waals surface area contributed by atoms with Crippen LogP contribution in [0.25, 0.3) is 0 Å². The van der Waals surface area contributed by atoms with Crippen molar-refractivity contribution in [3.8, 4) is 0 Å². The monoisotopic (exact) mass is 371 g/mol. The van der Waals surface area contributed by atoms with Gasteiger partial charge in [0.15, 0.2) is 0 Å². The summed E-state index contributed by atoms with van der Waals surface area (Å²) in [6.45, 7) is 6.11. The molecule has 2 amide bonds. The molecule has 140 valence electrons. The van der Waals surface area contributed by atoms with Crippen LogP contribution in [0.2, 0.25) is 0 Å². The van der Waals surface area contributed by atoms with Crippen molar-refractivity contribution in [2.24, 2.45) is 11.8 Å². The van der Waals surface area contributed by atoms with E-state index in [0.717, 1.165) is 13.0 Å². The number of halogens is 2. The molecule has 0 spiro atoms. The molecular weight excluding hydrogens is 345 g/mol. The van der Waals surface area contributed by atoms with Crippen LogP contribution in [-0.4, -0.2) is 43.4 Å². The quantitative estimate of drug-likeness (QED) is 0.808. The fourth-order valence-corrected chi connectivity index (χ4v) is 2.98. The highest BCUT2D eigenvalue weighted by Gasteiger charge is 2.26. The maximum Gasteiger partial charge on any atom is 0.253 e. The minimum atomic E-state index is -0.580. The number of benzene rings is 1. The average Bonchev–Trinajstić information content (AvgIpc) is 2.97. The number of amides is 2. The van der Waals surface area contributed by atoms with Crippen LogP contribution in [0, 0.1) is 17.7 Å². The molecule has 0 aliphatic carbocycles. The Balaban J connectivity index is 0.00000312. The van der Waals surface area contributed by atoms with Crippen molar-refractivity contribution in [3.63, 3.8) is 0 Å². The van der Waals surface area contributed by atoms with Crippen LogP contribution in [-0.2, 0) is 4.79 Å². The van der Waals surface area contributed by atoms with Gasteiger partial charge in [0, 0.05) is 25.1 Å². The molecule has 5 nitrogen and oxygen atoms in total. The first kappa shape index (κ1) is 21.4. The van der Waals surface area contributed by atoms with Crippen molar-refractivity contribution in [3.05, 3.63) is 29.6 Å². The van der Waals surface area contributed by atoms with Crippen molar-refractivity contribution in [2.45, 2.75) is 26.7 Å². The van der Waals surface area contributed by atoms with E-state index < -0.39 is 5.82 Å². The van der Waals surface area contributed by atoms with E-state index in [2.05, 4.69) is 10.6 Å². The summed E-state index contributed by atoms with van der Waals surface area (Å²) in [6, 6.07) is 4.24. The van der Waals surface area contributed by atoms with E-state index in [4.69, 9.17) is 0 Å². The van der Waals surface area contributed by atoms with Crippen molar-refractivity contribution >= 4 is 29.9 Å². The summed E-state index contributed by atoms with van der Waals surface area (Å²) in [4.78, 5) is 26.0. The zero-order valence-corrected chi connectivity index (χ0v) is 15.8. The summed E-state index contributed by atoms with van der Waals surface area (Å²) < 4.78 is 14.2. The average molecular weight is 372 g/mol. The van der Waals surface area contributed by atoms with Gasteiger partial charge < -0.3 is 15.5 Å². The molecule has 2 N–H and O–H groups in total. The van der Waals surface area contributed by atoms with Gasteiger partial charge in [-0.15, -0.1) is 12.4 Å². The molecule has 1 fully saturated rings. The van der Waals surface area contributed by atoms with Crippen molar-refractivity contribution in [1.29, 1.82) is 0 Å². The Kier molecular flexibility index (Phi) is 8.32. The van der Waals surface area contributed by atoms with Crippen LogP contribution < -0.4 is 10.6 Å². The molecule has 7 heteroatoms. The minimum absolute atomic E-state index is 0. The fraction of sp³-hybridized carbons (Fsp3) is 0.556. The molecule has 2 rings (SSSR count). The zero-order chi connectivity index (χ0) is 17.7. The predicted molar refractivity (Wildman–Crippen MR) is 99.7 cm³/mol. The van der Waals surface area contributed by atoms with Gasteiger partial charge in [0.25, 0.3) is 5.91 Å². The summed E-state index contributed by atoms with van der Waals surface area (Å²) >= 11 is 0. The first-order valence-corrected chi connectivity index (χ1v) is 8.44. The summed E-state index contributed by atoms with van der Waals surface area (Å²) in [5, 5.41) is 5.67. The molecule has 0 bridgehead atoms. The van der Waals surface area contributed by atoms with Gasteiger partial charge in [0.05, 0.1) is 5.69 Å². The second kappa shape index (κ2) is 9.73. The maximum absolute atomic E-state index is 14.2. The molecule has 1 aromatic carbocycles. The molecule has 0 radical (unpaired) electrons. The lowest BCUT2D eigenvalue weighted by molar-refractivity contribution is -0.116. The van der Waals surface area contributed by atoms with E-state index in [0.29, 0.717) is 31.0 Å². The number of nitrogens with one attached hydrogen (secondary N) is 2. The summed E-state index contributed by atoms with van der Waals surface area (Å²) in [7, 11) is 1.90. The Labute approximate surface area is 154 Å². The van der Waals surface area contributed by atoms with Gasteiger partial charge in [-0.2, -0.15) is 0 Å². The standard InChI is InChI=1S/C18H26FN3O2.ClH/c1-12(2)8-17(23)21-16-5-4-14(9-15(16)19)18(24)22-7-6-13(11-22)10-20-3;/h4-5,9,12-13,20H,6-8,10-11H2,1-3H3,(H,21,23);1H. The summed E-state index contributed by atoms with van der Waals surface area (Å²) in [6.07, 6.45) is 1.29. The number of nitrogens with zero attached hydrogens (tertiary/aromatic N) is 1. The number of hydrogen-bond donors (Lipinski definition) is 2. The van der Waals surface area contributed by atoms with E-state index in [9.17, 15) is 14.0 Å². The summed E-state index contributed by atoms with van der Waals surface area (Å²) in [5.74, 6) is -0.318. The third-order valence-electron chi connectivity index (χ3n) is 4.15. The van der Waals surface area contributed by atoms with Gasteiger partial charge in [-0.05, 0) is 50.0 Å². The number of carbonyl (C=O) groups excluding carboxylic acids is 2. The molecule has 1 aromatic rings. The first-order valence-electron chi connectivity index (χ1n) is 8.44. The number of hydrogen-bond acceptors (Lipinski definition) is 3. The minimum Gasteiger partial charge on any atom is -0.338 e. The van der Waals surface area contributed by atoms with E-state index in [1.807, 2.05) is 20.9 Å².